The van der Waals surface area contributed by atoms with Crippen LogP contribution in [-0.4, -0.2) is 28.6 Å². The van der Waals surface area contributed by atoms with Crippen molar-refractivity contribution in [1.29, 1.82) is 0 Å². The Balaban J connectivity index is 1.75. The summed E-state index contributed by atoms with van der Waals surface area (Å²) >= 11 is 0. The second-order valence-corrected chi connectivity index (χ2v) is 3.35. The van der Waals surface area contributed by atoms with Gasteiger partial charge >= 0.3 is 6.01 Å². The molecule has 1 saturated carbocycles. The van der Waals surface area contributed by atoms with Gasteiger partial charge in [-0.2, -0.15) is 4.98 Å². The molecule has 2 N–H and O–H groups in total. The van der Waals surface area contributed by atoms with E-state index in [1.54, 1.807) is 6.92 Å². The molecule has 6 heteroatoms. The van der Waals surface area contributed by atoms with Gasteiger partial charge in [0.15, 0.2) is 5.82 Å². The number of hydrogen-bond donors (Lipinski definition) is 2. The standard InChI is InChI=1S/C8H12N4O2/c1-5-10-8(14-12-5)11-7(13)4-9-6-2-3-6/h6,9H,2-4H2,1H3,(H,10,11,12,13). The molecule has 1 aromatic rings. The zero-order valence-corrected chi connectivity index (χ0v) is 7.91. The Bertz CT molecular complexity index is 332. The SMILES string of the molecule is Cc1noc(NC(=O)CNC2CC2)n1. The van der Waals surface area contributed by atoms with Crippen LogP contribution in [0.4, 0.5) is 6.01 Å². The van der Waals surface area contributed by atoms with Gasteiger partial charge in [0.25, 0.3) is 0 Å². The summed E-state index contributed by atoms with van der Waals surface area (Å²) in [6.07, 6.45) is 2.32. The van der Waals surface area contributed by atoms with Crippen molar-refractivity contribution in [2.75, 3.05) is 11.9 Å². The van der Waals surface area contributed by atoms with Gasteiger partial charge in [0.05, 0.1) is 6.54 Å². The Morgan fingerprint density at radius 3 is 3.00 bits per heavy atom. The van der Waals surface area contributed by atoms with Gasteiger partial charge in [0.1, 0.15) is 0 Å². The molecule has 0 aliphatic heterocycles. The van der Waals surface area contributed by atoms with Crippen LogP contribution in [-0.2, 0) is 4.79 Å². The molecule has 76 valence electrons. The first kappa shape index (κ1) is 9.14. The summed E-state index contributed by atoms with van der Waals surface area (Å²) in [6.45, 7) is 1.99. The quantitative estimate of drug-likeness (QED) is 0.712. The van der Waals surface area contributed by atoms with Crippen molar-refractivity contribution in [2.45, 2.75) is 25.8 Å². The van der Waals surface area contributed by atoms with E-state index in [4.69, 9.17) is 4.52 Å². The van der Waals surface area contributed by atoms with E-state index >= 15 is 0 Å². The molecule has 0 unspecified atom stereocenters. The summed E-state index contributed by atoms with van der Waals surface area (Å²) < 4.78 is 4.74. The van der Waals surface area contributed by atoms with Crippen molar-refractivity contribution in [3.63, 3.8) is 0 Å². The molecule has 1 fully saturated rings. The number of nitrogens with one attached hydrogen (secondary N) is 2. The maximum absolute atomic E-state index is 11.3. The number of rotatable bonds is 4. The van der Waals surface area contributed by atoms with Gasteiger partial charge in [-0.1, -0.05) is 5.16 Å². The van der Waals surface area contributed by atoms with Gasteiger partial charge in [-0.15, -0.1) is 0 Å². The predicted molar refractivity (Wildman–Crippen MR) is 48.7 cm³/mol. The van der Waals surface area contributed by atoms with Crippen LogP contribution >= 0.6 is 0 Å². The first-order valence-electron chi connectivity index (χ1n) is 4.57. The largest absolute Gasteiger partial charge is 0.328 e. The van der Waals surface area contributed by atoms with Crippen LogP contribution < -0.4 is 10.6 Å². The van der Waals surface area contributed by atoms with Crippen LogP contribution in [0.25, 0.3) is 0 Å². The van der Waals surface area contributed by atoms with Crippen LogP contribution in [0.1, 0.15) is 18.7 Å². The third-order valence-corrected chi connectivity index (χ3v) is 1.90. The second kappa shape index (κ2) is 3.75. The van der Waals surface area contributed by atoms with E-state index < -0.39 is 0 Å². The summed E-state index contributed by atoms with van der Waals surface area (Å²) in [6, 6.07) is 0.676. The molecule has 1 aliphatic carbocycles. The fourth-order valence-electron chi connectivity index (χ4n) is 1.04. The lowest BCUT2D eigenvalue weighted by molar-refractivity contribution is -0.115. The molecule has 0 radical (unpaired) electrons. The second-order valence-electron chi connectivity index (χ2n) is 3.35. The van der Waals surface area contributed by atoms with Crippen molar-refractivity contribution < 1.29 is 9.32 Å². The van der Waals surface area contributed by atoms with Crippen molar-refractivity contribution in [3.8, 4) is 0 Å². The predicted octanol–water partition coefficient (Wildman–Crippen LogP) is 0.0685. The summed E-state index contributed by atoms with van der Waals surface area (Å²) in [5.41, 5.74) is 0. The fraction of sp³-hybridized carbons (Fsp3) is 0.625. The van der Waals surface area contributed by atoms with Crippen LogP contribution in [0.3, 0.4) is 0 Å². The first-order chi connectivity index (χ1) is 6.74. The first-order valence-corrected chi connectivity index (χ1v) is 4.57. The van der Waals surface area contributed by atoms with Crippen LogP contribution in [0.15, 0.2) is 4.52 Å². The van der Waals surface area contributed by atoms with Crippen LogP contribution in [0, 0.1) is 6.92 Å². The number of nitrogens with zero attached hydrogens (tertiary/aromatic N) is 2. The zero-order chi connectivity index (χ0) is 9.97. The molecule has 0 spiro atoms. The lowest BCUT2D eigenvalue weighted by atomic mass is 10.5. The Hall–Kier alpha value is -1.43. The van der Waals surface area contributed by atoms with E-state index in [1.807, 2.05) is 0 Å². The van der Waals surface area contributed by atoms with Crippen molar-refractivity contribution in [1.82, 2.24) is 15.5 Å². The van der Waals surface area contributed by atoms with Gasteiger partial charge in [-0.25, -0.2) is 0 Å². The van der Waals surface area contributed by atoms with Crippen LogP contribution in [0.2, 0.25) is 0 Å². The van der Waals surface area contributed by atoms with E-state index in [1.165, 1.54) is 0 Å². The van der Waals surface area contributed by atoms with Crippen molar-refractivity contribution >= 4 is 11.9 Å². The Morgan fingerprint density at radius 2 is 2.43 bits per heavy atom. The van der Waals surface area contributed by atoms with E-state index in [9.17, 15) is 4.79 Å². The van der Waals surface area contributed by atoms with Gasteiger partial charge in [0.2, 0.25) is 5.91 Å². The number of amides is 1. The monoisotopic (exact) mass is 196 g/mol. The summed E-state index contributed by atoms with van der Waals surface area (Å²) in [4.78, 5) is 15.1. The number of anilines is 1. The topological polar surface area (TPSA) is 80.0 Å². The molecule has 0 bridgehead atoms. The van der Waals surface area contributed by atoms with Gasteiger partial charge in [-0.3, -0.25) is 10.1 Å². The lowest BCUT2D eigenvalue weighted by Gasteiger charge is -2.00. The highest BCUT2D eigenvalue weighted by Crippen LogP contribution is 2.18. The summed E-state index contributed by atoms with van der Waals surface area (Å²) in [5, 5.41) is 9.14. The van der Waals surface area contributed by atoms with Gasteiger partial charge in [-0.05, 0) is 19.8 Å². The average molecular weight is 196 g/mol. The number of aryl methyl sites for hydroxylation is 1. The minimum atomic E-state index is -0.152. The zero-order valence-electron chi connectivity index (χ0n) is 7.91. The average Bonchev–Trinajstić information content (AvgIpc) is 2.88. The van der Waals surface area contributed by atoms with Crippen molar-refractivity contribution in [3.05, 3.63) is 5.82 Å². The number of carbonyl (C=O) groups is 1. The molecule has 0 aromatic carbocycles. The third kappa shape index (κ3) is 2.53. The molecular formula is C8H12N4O2. The lowest BCUT2D eigenvalue weighted by Crippen LogP contribution is -2.29. The molecule has 0 atom stereocenters. The van der Waals surface area contributed by atoms with E-state index in [0.29, 0.717) is 18.4 Å². The smallest absolute Gasteiger partial charge is 0.315 e. The Labute approximate surface area is 81.1 Å². The third-order valence-electron chi connectivity index (χ3n) is 1.90. The molecule has 1 aliphatic rings. The molecular weight excluding hydrogens is 184 g/mol. The minimum absolute atomic E-state index is 0.152. The number of hydrogen-bond acceptors (Lipinski definition) is 5. The van der Waals surface area contributed by atoms with E-state index in [2.05, 4.69) is 20.8 Å². The van der Waals surface area contributed by atoms with Crippen molar-refractivity contribution in [2.24, 2.45) is 0 Å². The molecule has 0 saturated heterocycles. The minimum Gasteiger partial charge on any atom is -0.315 e. The number of carbonyl (C=O) groups excluding carboxylic acids is 1. The fourth-order valence-corrected chi connectivity index (χ4v) is 1.04. The summed E-state index contributed by atoms with van der Waals surface area (Å²) in [7, 11) is 0. The highest BCUT2D eigenvalue weighted by molar-refractivity contribution is 5.90. The molecule has 1 amide bonds. The molecule has 2 rings (SSSR count). The maximum atomic E-state index is 11.3. The van der Waals surface area contributed by atoms with E-state index in [-0.39, 0.29) is 11.9 Å². The highest BCUT2D eigenvalue weighted by atomic mass is 16.5. The highest BCUT2D eigenvalue weighted by Gasteiger charge is 2.21. The Morgan fingerprint density at radius 1 is 1.64 bits per heavy atom. The van der Waals surface area contributed by atoms with Crippen LogP contribution in [0.5, 0.6) is 0 Å². The molecule has 1 heterocycles. The molecule has 14 heavy (non-hydrogen) atoms. The maximum Gasteiger partial charge on any atom is 0.328 e. The van der Waals surface area contributed by atoms with Gasteiger partial charge < -0.3 is 9.84 Å². The normalized spacial score (nSPS) is 15.5. The Kier molecular flexibility index (Phi) is 2.45. The summed E-state index contributed by atoms with van der Waals surface area (Å²) in [5.74, 6) is 0.357. The van der Waals surface area contributed by atoms with E-state index in [0.717, 1.165) is 12.8 Å². The molecule has 6 nitrogen and oxygen atoms in total. The number of aromatic nitrogens is 2. The molecule has 1 aromatic heterocycles. The van der Waals surface area contributed by atoms with Gasteiger partial charge in [0, 0.05) is 6.04 Å².